The second kappa shape index (κ2) is 6.53. The average molecular weight is 257 g/mol. The van der Waals surface area contributed by atoms with Gasteiger partial charge in [-0.25, -0.2) is 4.98 Å². The van der Waals surface area contributed by atoms with Crippen molar-refractivity contribution in [3.63, 3.8) is 0 Å². The number of nitrogens with zero attached hydrogens (tertiary/aromatic N) is 2. The lowest BCUT2D eigenvalue weighted by Gasteiger charge is -2.17. The van der Waals surface area contributed by atoms with E-state index in [9.17, 15) is 0 Å². The van der Waals surface area contributed by atoms with Gasteiger partial charge in [-0.2, -0.15) is 0 Å². The lowest BCUT2D eigenvalue weighted by atomic mass is 10.0. The van der Waals surface area contributed by atoms with Gasteiger partial charge < -0.3 is 9.88 Å². The van der Waals surface area contributed by atoms with Crippen LogP contribution in [-0.2, 0) is 6.54 Å². The summed E-state index contributed by atoms with van der Waals surface area (Å²) in [5.74, 6) is 1.05. The average Bonchev–Trinajstić information content (AvgIpc) is 2.93. The molecule has 2 rings (SSSR count). The molecule has 3 nitrogen and oxygen atoms in total. The number of nitrogens with one attached hydrogen (secondary N) is 1. The summed E-state index contributed by atoms with van der Waals surface area (Å²) in [6.07, 6.45) is 5.00. The quantitative estimate of drug-likeness (QED) is 0.856. The van der Waals surface area contributed by atoms with Crippen LogP contribution in [0.15, 0.2) is 36.7 Å². The molecule has 102 valence electrons. The Balaban J connectivity index is 2.33. The van der Waals surface area contributed by atoms with Crippen molar-refractivity contribution in [2.45, 2.75) is 39.8 Å². The maximum absolute atomic E-state index is 4.47. The van der Waals surface area contributed by atoms with Crippen molar-refractivity contribution in [2.24, 2.45) is 0 Å². The van der Waals surface area contributed by atoms with Crippen LogP contribution < -0.4 is 5.32 Å². The second-order valence-corrected chi connectivity index (χ2v) is 4.68. The van der Waals surface area contributed by atoms with E-state index in [0.717, 1.165) is 25.3 Å². The third-order valence-corrected chi connectivity index (χ3v) is 3.46. The SMILES string of the molecule is CCNC(CC)c1cccc(-c2nccn2CC)c1. The predicted octanol–water partition coefficient (Wildman–Crippen LogP) is 3.63. The van der Waals surface area contributed by atoms with Gasteiger partial charge in [0.05, 0.1) is 0 Å². The topological polar surface area (TPSA) is 29.9 Å². The maximum Gasteiger partial charge on any atom is 0.139 e. The Kier molecular flexibility index (Phi) is 4.74. The van der Waals surface area contributed by atoms with Crippen LogP contribution in [0, 0.1) is 0 Å². The number of imidazole rings is 1. The van der Waals surface area contributed by atoms with Gasteiger partial charge in [-0.05, 0) is 31.5 Å². The molecule has 1 N–H and O–H groups in total. The zero-order valence-corrected chi connectivity index (χ0v) is 12.1. The standard InChI is InChI=1S/C16H23N3/c1-4-15(17-5-2)13-8-7-9-14(12-13)16-18-10-11-19(16)6-3/h7-12,15,17H,4-6H2,1-3H3. The Morgan fingerprint density at radius 1 is 1.26 bits per heavy atom. The van der Waals surface area contributed by atoms with Crippen LogP contribution in [-0.4, -0.2) is 16.1 Å². The van der Waals surface area contributed by atoms with Crippen molar-refractivity contribution in [1.82, 2.24) is 14.9 Å². The van der Waals surface area contributed by atoms with E-state index in [2.05, 4.69) is 59.9 Å². The van der Waals surface area contributed by atoms with Crippen molar-refractivity contribution in [3.05, 3.63) is 42.2 Å². The molecule has 0 radical (unpaired) electrons. The third kappa shape index (κ3) is 3.04. The summed E-state index contributed by atoms with van der Waals surface area (Å²) in [4.78, 5) is 4.47. The molecule has 0 spiro atoms. The molecule has 1 aromatic heterocycles. The fourth-order valence-electron chi connectivity index (χ4n) is 2.46. The molecule has 0 fully saturated rings. The highest BCUT2D eigenvalue weighted by Crippen LogP contribution is 2.23. The Bertz CT molecular complexity index is 516. The van der Waals surface area contributed by atoms with Crippen LogP contribution in [0.25, 0.3) is 11.4 Å². The summed E-state index contributed by atoms with van der Waals surface area (Å²) < 4.78 is 2.17. The number of aromatic nitrogens is 2. The van der Waals surface area contributed by atoms with E-state index in [0.29, 0.717) is 6.04 Å². The van der Waals surface area contributed by atoms with Crippen LogP contribution in [0.3, 0.4) is 0 Å². The summed E-state index contributed by atoms with van der Waals surface area (Å²) >= 11 is 0. The number of hydrogen-bond acceptors (Lipinski definition) is 2. The molecule has 19 heavy (non-hydrogen) atoms. The second-order valence-electron chi connectivity index (χ2n) is 4.68. The van der Waals surface area contributed by atoms with E-state index >= 15 is 0 Å². The first-order valence-corrected chi connectivity index (χ1v) is 7.15. The third-order valence-electron chi connectivity index (χ3n) is 3.46. The fraction of sp³-hybridized carbons (Fsp3) is 0.438. The molecule has 0 amide bonds. The van der Waals surface area contributed by atoms with Crippen LogP contribution in [0.4, 0.5) is 0 Å². The highest BCUT2D eigenvalue weighted by atomic mass is 15.1. The van der Waals surface area contributed by atoms with E-state index in [4.69, 9.17) is 0 Å². The largest absolute Gasteiger partial charge is 0.331 e. The molecule has 1 aromatic carbocycles. The van der Waals surface area contributed by atoms with Gasteiger partial charge in [0, 0.05) is 30.5 Å². The monoisotopic (exact) mass is 257 g/mol. The van der Waals surface area contributed by atoms with Crippen LogP contribution in [0.2, 0.25) is 0 Å². The van der Waals surface area contributed by atoms with Crippen LogP contribution in [0.1, 0.15) is 38.8 Å². The van der Waals surface area contributed by atoms with E-state index in [-0.39, 0.29) is 0 Å². The van der Waals surface area contributed by atoms with Gasteiger partial charge in [0.1, 0.15) is 5.82 Å². The minimum absolute atomic E-state index is 0.426. The summed E-state index contributed by atoms with van der Waals surface area (Å²) in [5, 5.41) is 3.52. The maximum atomic E-state index is 4.47. The van der Waals surface area contributed by atoms with Gasteiger partial charge in [-0.1, -0.05) is 32.0 Å². The molecule has 0 saturated carbocycles. The van der Waals surface area contributed by atoms with E-state index in [1.54, 1.807) is 0 Å². The molecular formula is C16H23N3. The van der Waals surface area contributed by atoms with Crippen molar-refractivity contribution in [1.29, 1.82) is 0 Å². The first kappa shape index (κ1) is 13.8. The number of rotatable bonds is 6. The molecule has 0 aliphatic rings. The molecule has 1 atom stereocenters. The van der Waals surface area contributed by atoms with E-state index < -0.39 is 0 Å². The molecule has 0 aliphatic heterocycles. The van der Waals surface area contributed by atoms with Gasteiger partial charge in [-0.15, -0.1) is 0 Å². The summed E-state index contributed by atoms with van der Waals surface area (Å²) in [6, 6.07) is 9.14. The minimum Gasteiger partial charge on any atom is -0.331 e. The molecule has 3 heteroatoms. The predicted molar refractivity (Wildman–Crippen MR) is 80.0 cm³/mol. The van der Waals surface area contributed by atoms with Crippen molar-refractivity contribution in [2.75, 3.05) is 6.54 Å². The van der Waals surface area contributed by atoms with Gasteiger partial charge in [0.15, 0.2) is 0 Å². The summed E-state index contributed by atoms with van der Waals surface area (Å²) in [7, 11) is 0. The van der Waals surface area contributed by atoms with Crippen LogP contribution in [0.5, 0.6) is 0 Å². The summed E-state index contributed by atoms with van der Waals surface area (Å²) in [6.45, 7) is 8.45. The number of hydrogen-bond donors (Lipinski definition) is 1. The Labute approximate surface area is 115 Å². The van der Waals surface area contributed by atoms with Crippen molar-refractivity contribution in [3.8, 4) is 11.4 Å². The molecule has 0 aliphatic carbocycles. The molecule has 1 unspecified atom stereocenters. The zero-order chi connectivity index (χ0) is 13.7. The Hall–Kier alpha value is -1.61. The molecule has 1 heterocycles. The number of aryl methyl sites for hydroxylation is 1. The van der Waals surface area contributed by atoms with Gasteiger partial charge in [0.25, 0.3) is 0 Å². The van der Waals surface area contributed by atoms with Gasteiger partial charge in [0.2, 0.25) is 0 Å². The fourth-order valence-corrected chi connectivity index (χ4v) is 2.46. The minimum atomic E-state index is 0.426. The van der Waals surface area contributed by atoms with Gasteiger partial charge >= 0.3 is 0 Å². The van der Waals surface area contributed by atoms with Crippen LogP contribution >= 0.6 is 0 Å². The molecule has 2 aromatic rings. The lowest BCUT2D eigenvalue weighted by Crippen LogP contribution is -2.20. The smallest absolute Gasteiger partial charge is 0.139 e. The highest BCUT2D eigenvalue weighted by molar-refractivity contribution is 5.57. The highest BCUT2D eigenvalue weighted by Gasteiger charge is 2.10. The Morgan fingerprint density at radius 2 is 2.11 bits per heavy atom. The molecule has 0 bridgehead atoms. The lowest BCUT2D eigenvalue weighted by molar-refractivity contribution is 0.537. The van der Waals surface area contributed by atoms with Gasteiger partial charge in [-0.3, -0.25) is 0 Å². The molecule has 0 saturated heterocycles. The number of benzene rings is 1. The van der Waals surface area contributed by atoms with E-state index in [1.165, 1.54) is 11.1 Å². The van der Waals surface area contributed by atoms with Crippen molar-refractivity contribution >= 4 is 0 Å². The first-order valence-electron chi connectivity index (χ1n) is 7.15. The molecular weight excluding hydrogens is 234 g/mol. The summed E-state index contributed by atoms with van der Waals surface area (Å²) in [5.41, 5.74) is 2.54. The Morgan fingerprint density at radius 3 is 2.79 bits per heavy atom. The zero-order valence-electron chi connectivity index (χ0n) is 12.1. The van der Waals surface area contributed by atoms with Crippen molar-refractivity contribution < 1.29 is 0 Å². The normalized spacial score (nSPS) is 12.6. The first-order chi connectivity index (χ1) is 9.30. The van der Waals surface area contributed by atoms with E-state index in [1.807, 2.05) is 12.4 Å².